The third-order valence-corrected chi connectivity index (χ3v) is 4.17. The van der Waals surface area contributed by atoms with Gasteiger partial charge in [0.25, 0.3) is 0 Å². The van der Waals surface area contributed by atoms with Gasteiger partial charge in [0, 0.05) is 0 Å². The number of hydrogen-bond donors (Lipinski definition) is 1. The molecule has 0 heterocycles. The minimum Gasteiger partial charge on any atom is -0.242 e. The fourth-order valence-electron chi connectivity index (χ4n) is 1.50. The fraction of sp³-hybridized carbons (Fsp3) is 0.538. The first-order valence-electron chi connectivity index (χ1n) is 5.84. The van der Waals surface area contributed by atoms with Crippen LogP contribution in [0.1, 0.15) is 37.9 Å². The summed E-state index contributed by atoms with van der Waals surface area (Å²) in [6, 6.07) is 4.31. The Labute approximate surface area is 114 Å². The van der Waals surface area contributed by atoms with E-state index in [1.165, 1.54) is 6.07 Å². The van der Waals surface area contributed by atoms with E-state index >= 15 is 0 Å². The fourth-order valence-corrected chi connectivity index (χ4v) is 2.33. The molecule has 0 fully saturated rings. The van der Waals surface area contributed by atoms with E-state index in [9.17, 15) is 17.4 Å². The monoisotopic (exact) mass is 293 g/mol. The zero-order valence-corrected chi connectivity index (χ0v) is 12.2. The molecular weight excluding hydrogens is 275 g/mol. The van der Waals surface area contributed by atoms with Crippen LogP contribution in [0.4, 0.5) is 13.2 Å². The summed E-state index contributed by atoms with van der Waals surface area (Å²) in [5, 5.41) is 0. The van der Waals surface area contributed by atoms with E-state index in [0.717, 1.165) is 0 Å². The molecule has 2 atom stereocenters. The maximum atomic E-state index is 13.1. The van der Waals surface area contributed by atoms with Gasteiger partial charge in [0.15, 0.2) is 0 Å². The number of halogens is 3. The molecule has 0 bridgehead atoms. The van der Waals surface area contributed by atoms with Gasteiger partial charge in [0.2, 0.25) is 0 Å². The number of alkyl halides is 3. The summed E-state index contributed by atoms with van der Waals surface area (Å²) in [4.78, 5) is 0. The van der Waals surface area contributed by atoms with Crippen LogP contribution in [0.5, 0.6) is 0 Å². The van der Waals surface area contributed by atoms with Crippen LogP contribution in [0.2, 0.25) is 0 Å². The predicted octanol–water partition coefficient (Wildman–Crippen LogP) is 3.65. The summed E-state index contributed by atoms with van der Waals surface area (Å²) in [6.45, 7) is 6.49. The minimum atomic E-state index is -4.49. The number of rotatable bonds is 3. The molecule has 1 N–H and O–H groups in total. The number of nitrogens with one attached hydrogen (secondary N) is 1. The SMILES string of the molecule is Cc1ccccc1[C@H](NS(=O)C(C)(C)C)C(F)(F)F. The Morgan fingerprint density at radius 3 is 2.11 bits per heavy atom. The van der Waals surface area contributed by atoms with Gasteiger partial charge in [-0.05, 0) is 38.8 Å². The highest BCUT2D eigenvalue weighted by atomic mass is 32.2. The summed E-state index contributed by atoms with van der Waals surface area (Å²) in [5.74, 6) is 0. The van der Waals surface area contributed by atoms with Crippen LogP contribution in [0.3, 0.4) is 0 Å². The van der Waals surface area contributed by atoms with Gasteiger partial charge in [0.05, 0.1) is 15.7 Å². The average molecular weight is 293 g/mol. The Morgan fingerprint density at radius 2 is 1.68 bits per heavy atom. The van der Waals surface area contributed by atoms with Crippen molar-refractivity contribution < 1.29 is 17.4 Å². The van der Waals surface area contributed by atoms with Crippen LogP contribution in [0, 0.1) is 6.92 Å². The number of aryl methyl sites for hydroxylation is 1. The molecule has 0 saturated carbocycles. The highest BCUT2D eigenvalue weighted by Gasteiger charge is 2.43. The van der Waals surface area contributed by atoms with Crippen molar-refractivity contribution in [2.24, 2.45) is 0 Å². The van der Waals surface area contributed by atoms with Crippen LogP contribution >= 0.6 is 0 Å². The van der Waals surface area contributed by atoms with Crippen molar-refractivity contribution >= 4 is 11.0 Å². The van der Waals surface area contributed by atoms with Crippen LogP contribution < -0.4 is 4.72 Å². The van der Waals surface area contributed by atoms with Crippen LogP contribution in [-0.4, -0.2) is 15.1 Å². The van der Waals surface area contributed by atoms with Crippen molar-refractivity contribution in [1.82, 2.24) is 4.72 Å². The smallest absolute Gasteiger partial charge is 0.242 e. The van der Waals surface area contributed by atoms with Crippen LogP contribution in [-0.2, 0) is 11.0 Å². The Kier molecular flexibility index (Phi) is 4.79. The van der Waals surface area contributed by atoms with E-state index < -0.39 is 28.0 Å². The molecule has 1 aromatic carbocycles. The van der Waals surface area contributed by atoms with E-state index in [2.05, 4.69) is 4.72 Å². The topological polar surface area (TPSA) is 29.1 Å². The molecule has 0 radical (unpaired) electrons. The standard InChI is InChI=1S/C13H18F3NOS/c1-9-7-5-6-8-10(9)11(13(14,15)16)17-19(18)12(2,3)4/h5-8,11,17H,1-4H3/t11-,19?/m0/s1. The van der Waals surface area contributed by atoms with Gasteiger partial charge < -0.3 is 0 Å². The zero-order valence-electron chi connectivity index (χ0n) is 11.3. The first-order chi connectivity index (χ1) is 8.53. The van der Waals surface area contributed by atoms with Crippen molar-refractivity contribution in [2.75, 3.05) is 0 Å². The van der Waals surface area contributed by atoms with Gasteiger partial charge in [-0.2, -0.15) is 13.2 Å². The van der Waals surface area contributed by atoms with Gasteiger partial charge in [0.1, 0.15) is 6.04 Å². The molecule has 0 spiro atoms. The van der Waals surface area contributed by atoms with Gasteiger partial charge in [-0.25, -0.2) is 8.93 Å². The Morgan fingerprint density at radius 1 is 1.16 bits per heavy atom. The summed E-state index contributed by atoms with van der Waals surface area (Å²) in [6.07, 6.45) is -4.49. The molecule has 1 aromatic rings. The molecule has 6 heteroatoms. The summed E-state index contributed by atoms with van der Waals surface area (Å²) < 4.78 is 52.8. The van der Waals surface area contributed by atoms with E-state index in [-0.39, 0.29) is 5.56 Å². The quantitative estimate of drug-likeness (QED) is 0.905. The second-order valence-corrected chi connectivity index (χ2v) is 7.33. The zero-order chi connectivity index (χ0) is 14.8. The summed E-state index contributed by atoms with van der Waals surface area (Å²) in [7, 11) is -1.79. The van der Waals surface area contributed by atoms with Crippen molar-refractivity contribution in [1.29, 1.82) is 0 Å². The van der Waals surface area contributed by atoms with Crippen LogP contribution in [0.15, 0.2) is 24.3 Å². The van der Waals surface area contributed by atoms with Crippen LogP contribution in [0.25, 0.3) is 0 Å². The second kappa shape index (κ2) is 5.63. The van der Waals surface area contributed by atoms with E-state index in [1.54, 1.807) is 45.9 Å². The van der Waals surface area contributed by atoms with Gasteiger partial charge in [-0.1, -0.05) is 24.3 Å². The molecule has 0 amide bonds. The number of hydrogen-bond acceptors (Lipinski definition) is 1. The third kappa shape index (κ3) is 4.31. The lowest BCUT2D eigenvalue weighted by molar-refractivity contribution is -0.153. The summed E-state index contributed by atoms with van der Waals surface area (Å²) >= 11 is 0. The van der Waals surface area contributed by atoms with Crippen molar-refractivity contribution in [3.63, 3.8) is 0 Å². The second-order valence-electron chi connectivity index (χ2n) is 5.33. The van der Waals surface area contributed by atoms with Gasteiger partial charge in [-0.15, -0.1) is 0 Å². The van der Waals surface area contributed by atoms with Crippen molar-refractivity contribution in [2.45, 2.75) is 44.7 Å². The lowest BCUT2D eigenvalue weighted by atomic mass is 10.0. The van der Waals surface area contributed by atoms with Crippen molar-refractivity contribution in [3.8, 4) is 0 Å². The molecule has 1 unspecified atom stereocenters. The van der Waals surface area contributed by atoms with Gasteiger partial charge >= 0.3 is 6.18 Å². The first kappa shape index (κ1) is 16.2. The molecule has 1 rings (SSSR count). The average Bonchev–Trinajstić information content (AvgIpc) is 2.24. The highest BCUT2D eigenvalue weighted by molar-refractivity contribution is 7.84. The van der Waals surface area contributed by atoms with E-state index in [4.69, 9.17) is 0 Å². The number of benzene rings is 1. The minimum absolute atomic E-state index is 0.104. The van der Waals surface area contributed by atoms with E-state index in [1.807, 2.05) is 0 Å². The molecule has 2 nitrogen and oxygen atoms in total. The lowest BCUT2D eigenvalue weighted by Crippen LogP contribution is -2.41. The predicted molar refractivity (Wildman–Crippen MR) is 71.0 cm³/mol. The molecule has 0 aliphatic heterocycles. The molecule has 19 heavy (non-hydrogen) atoms. The highest BCUT2D eigenvalue weighted by Crippen LogP contribution is 2.35. The van der Waals surface area contributed by atoms with Gasteiger partial charge in [-0.3, -0.25) is 0 Å². The van der Waals surface area contributed by atoms with E-state index in [0.29, 0.717) is 5.56 Å². The molecule has 108 valence electrons. The maximum Gasteiger partial charge on any atom is 0.408 e. The maximum absolute atomic E-state index is 13.1. The third-order valence-electron chi connectivity index (χ3n) is 2.61. The molecule has 0 saturated heterocycles. The summed E-state index contributed by atoms with van der Waals surface area (Å²) in [5.41, 5.74) is 0.621. The Bertz CT molecular complexity index is 466. The van der Waals surface area contributed by atoms with Crippen molar-refractivity contribution in [3.05, 3.63) is 35.4 Å². The molecule has 0 aromatic heterocycles. The first-order valence-corrected chi connectivity index (χ1v) is 6.99. The molecule has 0 aliphatic carbocycles. The Hall–Kier alpha value is -0.880. The normalized spacial score (nSPS) is 16.2. The Balaban J connectivity index is 3.12. The lowest BCUT2D eigenvalue weighted by Gasteiger charge is -2.27. The molecule has 0 aliphatic rings. The largest absolute Gasteiger partial charge is 0.408 e. The molecular formula is C13H18F3NOS.